The molecule has 2 N–H and O–H groups in total. The highest BCUT2D eigenvalue weighted by Gasteiger charge is 2.26. The molecule has 0 amide bonds. The van der Waals surface area contributed by atoms with Gasteiger partial charge in [0.1, 0.15) is 6.10 Å². The minimum absolute atomic E-state index is 0.0135. The Kier molecular flexibility index (Phi) is 40.6. The standard InChI is InChI=1S/C48H95NO5/c1-5-9-12-15-19-26-35-44(34-8-4)46(48(52)53)38-29-23-25-32-41-49(42-33-43-50)40-31-24-18-22-30-39-47(51)54-45(36-27-20-16-13-10-6-2)37-28-21-17-14-11-7-3/h44-46,50H,5-43H2,1-4H3,(H,52,53). The Morgan fingerprint density at radius 3 is 1.33 bits per heavy atom. The molecule has 0 saturated carbocycles. The number of aliphatic hydroxyl groups excluding tert-OH is 1. The van der Waals surface area contributed by atoms with Gasteiger partial charge in [0.2, 0.25) is 0 Å². The Labute approximate surface area is 337 Å². The third-order valence-electron chi connectivity index (χ3n) is 11.8. The summed E-state index contributed by atoms with van der Waals surface area (Å²) in [4.78, 5) is 27.5. The van der Waals surface area contributed by atoms with E-state index in [1.54, 1.807) is 0 Å². The van der Waals surface area contributed by atoms with Crippen LogP contribution in [0.15, 0.2) is 0 Å². The first-order valence-corrected chi connectivity index (χ1v) is 24.2. The number of hydrogen-bond donors (Lipinski definition) is 2. The first kappa shape index (κ1) is 52.9. The van der Waals surface area contributed by atoms with Crippen molar-refractivity contribution in [2.75, 3.05) is 26.2 Å². The van der Waals surface area contributed by atoms with Gasteiger partial charge in [-0.2, -0.15) is 0 Å². The zero-order valence-corrected chi connectivity index (χ0v) is 36.9. The molecule has 2 unspecified atom stereocenters. The number of rotatable bonds is 44. The predicted octanol–water partition coefficient (Wildman–Crippen LogP) is 14.2. The lowest BCUT2D eigenvalue weighted by atomic mass is 9.81. The van der Waals surface area contributed by atoms with Gasteiger partial charge in [-0.3, -0.25) is 9.59 Å². The Morgan fingerprint density at radius 2 is 0.870 bits per heavy atom. The summed E-state index contributed by atoms with van der Waals surface area (Å²) in [6, 6.07) is 0. The van der Waals surface area contributed by atoms with E-state index in [1.165, 1.54) is 122 Å². The average molecular weight is 766 g/mol. The van der Waals surface area contributed by atoms with Gasteiger partial charge < -0.3 is 19.8 Å². The molecule has 0 aliphatic rings. The van der Waals surface area contributed by atoms with Gasteiger partial charge in [0.15, 0.2) is 0 Å². The van der Waals surface area contributed by atoms with Crippen LogP contribution in [0.3, 0.4) is 0 Å². The molecule has 0 bridgehead atoms. The van der Waals surface area contributed by atoms with Gasteiger partial charge in [0.05, 0.1) is 5.92 Å². The van der Waals surface area contributed by atoms with Crippen LogP contribution in [0.4, 0.5) is 0 Å². The highest BCUT2D eigenvalue weighted by molar-refractivity contribution is 5.70. The fraction of sp³-hybridized carbons (Fsp3) is 0.958. The van der Waals surface area contributed by atoms with Gasteiger partial charge in [0.25, 0.3) is 0 Å². The van der Waals surface area contributed by atoms with Gasteiger partial charge in [-0.15, -0.1) is 0 Å². The maximum absolute atomic E-state index is 12.8. The first-order chi connectivity index (χ1) is 26.4. The number of aliphatic hydroxyl groups is 1. The molecule has 54 heavy (non-hydrogen) atoms. The Morgan fingerprint density at radius 1 is 0.463 bits per heavy atom. The van der Waals surface area contributed by atoms with Gasteiger partial charge in [-0.1, -0.05) is 175 Å². The summed E-state index contributed by atoms with van der Waals surface area (Å²) in [7, 11) is 0. The fourth-order valence-corrected chi connectivity index (χ4v) is 8.29. The Balaban J connectivity index is 4.37. The molecule has 2 atom stereocenters. The third kappa shape index (κ3) is 34.1. The highest BCUT2D eigenvalue weighted by Crippen LogP contribution is 2.29. The number of carboxylic acids is 1. The van der Waals surface area contributed by atoms with Crippen LogP contribution in [-0.4, -0.2) is 59.4 Å². The molecule has 0 fully saturated rings. The predicted molar refractivity (Wildman–Crippen MR) is 232 cm³/mol. The van der Waals surface area contributed by atoms with E-state index in [2.05, 4.69) is 32.6 Å². The zero-order valence-electron chi connectivity index (χ0n) is 36.9. The molecule has 0 radical (unpaired) electrons. The Hall–Kier alpha value is -1.14. The second kappa shape index (κ2) is 41.5. The Bertz CT molecular complexity index is 775. The molecule has 0 aliphatic heterocycles. The fourth-order valence-electron chi connectivity index (χ4n) is 8.29. The minimum atomic E-state index is -0.583. The van der Waals surface area contributed by atoms with Crippen molar-refractivity contribution in [1.29, 1.82) is 0 Å². The van der Waals surface area contributed by atoms with Crippen LogP contribution >= 0.6 is 0 Å². The van der Waals surface area contributed by atoms with E-state index in [0.717, 1.165) is 116 Å². The number of nitrogens with zero attached hydrogens (tertiary/aromatic N) is 1. The maximum atomic E-state index is 12.8. The summed E-state index contributed by atoms with van der Waals surface area (Å²) in [6.45, 7) is 12.3. The molecule has 0 aromatic rings. The normalized spacial score (nSPS) is 12.9. The zero-order chi connectivity index (χ0) is 39.7. The largest absolute Gasteiger partial charge is 0.481 e. The molecule has 6 nitrogen and oxygen atoms in total. The number of unbranched alkanes of at least 4 members (excludes halogenated alkanes) is 22. The first-order valence-electron chi connectivity index (χ1n) is 24.2. The van der Waals surface area contributed by atoms with Crippen molar-refractivity contribution in [1.82, 2.24) is 4.90 Å². The number of hydrogen-bond acceptors (Lipinski definition) is 5. The number of carboxylic acid groups (broad SMARTS) is 1. The van der Waals surface area contributed by atoms with Gasteiger partial charge >= 0.3 is 11.9 Å². The minimum Gasteiger partial charge on any atom is -0.481 e. The molecule has 0 aromatic carbocycles. The molecule has 0 saturated heterocycles. The van der Waals surface area contributed by atoms with Crippen LogP contribution < -0.4 is 0 Å². The second-order valence-corrected chi connectivity index (χ2v) is 16.9. The molecular weight excluding hydrogens is 671 g/mol. The number of carbonyl (C=O) groups is 2. The monoisotopic (exact) mass is 766 g/mol. The smallest absolute Gasteiger partial charge is 0.306 e. The molecule has 0 aliphatic carbocycles. The average Bonchev–Trinajstić information content (AvgIpc) is 3.16. The van der Waals surface area contributed by atoms with Crippen molar-refractivity contribution in [3.8, 4) is 0 Å². The van der Waals surface area contributed by atoms with Crippen molar-refractivity contribution in [2.24, 2.45) is 11.8 Å². The maximum Gasteiger partial charge on any atom is 0.306 e. The molecule has 0 spiro atoms. The van der Waals surface area contributed by atoms with Crippen molar-refractivity contribution < 1.29 is 24.5 Å². The SMILES string of the molecule is CCCCCCCCC(CCCCCCCC)OC(=O)CCCCCCCN(CCCO)CCCCCCC(C(=O)O)C(CCC)CCCCCCCC. The summed E-state index contributed by atoms with van der Waals surface area (Å²) < 4.78 is 6.04. The lowest BCUT2D eigenvalue weighted by Crippen LogP contribution is -2.28. The molecule has 0 rings (SSSR count). The van der Waals surface area contributed by atoms with E-state index >= 15 is 0 Å². The van der Waals surface area contributed by atoms with Crippen molar-refractivity contribution in [3.63, 3.8) is 0 Å². The van der Waals surface area contributed by atoms with Crippen LogP contribution in [0.25, 0.3) is 0 Å². The second-order valence-electron chi connectivity index (χ2n) is 16.9. The van der Waals surface area contributed by atoms with Gasteiger partial charge in [-0.25, -0.2) is 0 Å². The lowest BCUT2D eigenvalue weighted by molar-refractivity contribution is -0.150. The number of carbonyl (C=O) groups excluding carboxylic acids is 1. The lowest BCUT2D eigenvalue weighted by Gasteiger charge is -2.24. The summed E-state index contributed by atoms with van der Waals surface area (Å²) in [5, 5.41) is 19.5. The summed E-state index contributed by atoms with van der Waals surface area (Å²) in [6.07, 6.45) is 40.4. The van der Waals surface area contributed by atoms with Crippen LogP contribution in [0.1, 0.15) is 252 Å². The van der Waals surface area contributed by atoms with E-state index in [0.29, 0.717) is 12.3 Å². The summed E-state index contributed by atoms with van der Waals surface area (Å²) in [5.41, 5.74) is 0. The van der Waals surface area contributed by atoms with Crippen LogP contribution in [-0.2, 0) is 14.3 Å². The number of aliphatic carboxylic acids is 1. The van der Waals surface area contributed by atoms with Gasteiger partial charge in [0, 0.05) is 19.6 Å². The van der Waals surface area contributed by atoms with Crippen molar-refractivity contribution in [3.05, 3.63) is 0 Å². The van der Waals surface area contributed by atoms with Gasteiger partial charge in [-0.05, 0) is 89.6 Å². The molecule has 0 aromatic heterocycles. The molecule has 6 heteroatoms. The third-order valence-corrected chi connectivity index (χ3v) is 11.8. The highest BCUT2D eigenvalue weighted by atomic mass is 16.5. The van der Waals surface area contributed by atoms with E-state index in [9.17, 15) is 19.8 Å². The van der Waals surface area contributed by atoms with Crippen molar-refractivity contribution in [2.45, 2.75) is 259 Å². The van der Waals surface area contributed by atoms with E-state index < -0.39 is 5.97 Å². The summed E-state index contributed by atoms with van der Waals surface area (Å²) >= 11 is 0. The van der Waals surface area contributed by atoms with Crippen LogP contribution in [0.2, 0.25) is 0 Å². The topological polar surface area (TPSA) is 87.1 Å². The van der Waals surface area contributed by atoms with E-state index in [-0.39, 0.29) is 24.6 Å². The van der Waals surface area contributed by atoms with Crippen LogP contribution in [0, 0.1) is 11.8 Å². The molecule has 0 heterocycles. The van der Waals surface area contributed by atoms with E-state index in [1.807, 2.05) is 0 Å². The van der Waals surface area contributed by atoms with Crippen molar-refractivity contribution >= 4 is 11.9 Å². The molecule has 322 valence electrons. The number of esters is 1. The quantitative estimate of drug-likeness (QED) is 0.0474. The molecular formula is C48H95NO5. The number of ether oxygens (including phenoxy) is 1. The van der Waals surface area contributed by atoms with E-state index in [4.69, 9.17) is 4.74 Å². The summed E-state index contributed by atoms with van der Waals surface area (Å²) in [5.74, 6) is -0.428. The van der Waals surface area contributed by atoms with Crippen LogP contribution in [0.5, 0.6) is 0 Å².